The van der Waals surface area contributed by atoms with Gasteiger partial charge in [0.2, 0.25) is 0 Å². The number of rotatable bonds is 4. The highest BCUT2D eigenvalue weighted by Gasteiger charge is 2.30. The van der Waals surface area contributed by atoms with Crippen molar-refractivity contribution < 1.29 is 17.9 Å². The predicted octanol–water partition coefficient (Wildman–Crippen LogP) is 4.48. The molecule has 0 saturated heterocycles. The van der Waals surface area contributed by atoms with Crippen LogP contribution in [0.5, 0.6) is 5.75 Å². The summed E-state index contributed by atoms with van der Waals surface area (Å²) >= 11 is 0. The van der Waals surface area contributed by atoms with Crippen LogP contribution in [0, 0.1) is 0 Å². The summed E-state index contributed by atoms with van der Waals surface area (Å²) in [4.78, 5) is 4.21. The summed E-state index contributed by atoms with van der Waals surface area (Å²) in [6.45, 7) is 3.69. The van der Waals surface area contributed by atoms with Crippen molar-refractivity contribution in [2.75, 3.05) is 0 Å². The molecular weight excluding hydrogens is 319 g/mol. The van der Waals surface area contributed by atoms with Crippen molar-refractivity contribution in [3.8, 4) is 22.8 Å². The van der Waals surface area contributed by atoms with E-state index in [9.17, 15) is 13.2 Å². The third-order valence-corrected chi connectivity index (χ3v) is 3.23. The minimum Gasteiger partial charge on any atom is -0.406 e. The van der Waals surface area contributed by atoms with Gasteiger partial charge < -0.3 is 4.74 Å². The molecule has 0 unspecified atom stereocenters. The first-order valence-corrected chi connectivity index (χ1v) is 6.95. The van der Waals surface area contributed by atoms with E-state index >= 15 is 0 Å². The van der Waals surface area contributed by atoms with Crippen molar-refractivity contribution in [3.63, 3.8) is 0 Å². The van der Waals surface area contributed by atoms with Gasteiger partial charge in [-0.2, -0.15) is 0 Å². The average Bonchev–Trinajstić information content (AvgIpc) is 3.04. The molecule has 1 aromatic heterocycles. The van der Waals surface area contributed by atoms with Gasteiger partial charge in [0.25, 0.3) is 0 Å². The monoisotopic (exact) mass is 331 g/mol. The molecule has 2 aromatic carbocycles. The summed E-state index contributed by atoms with van der Waals surface area (Å²) in [5, 5.41) is 4.33. The molecule has 0 radical (unpaired) electrons. The van der Waals surface area contributed by atoms with Gasteiger partial charge >= 0.3 is 6.36 Å². The van der Waals surface area contributed by atoms with E-state index in [1.165, 1.54) is 35.3 Å². The topological polar surface area (TPSA) is 39.9 Å². The third-order valence-electron chi connectivity index (χ3n) is 3.23. The Kier molecular flexibility index (Phi) is 4.07. The normalized spacial score (nSPS) is 11.3. The fourth-order valence-electron chi connectivity index (χ4n) is 2.09. The Balaban J connectivity index is 1.80. The van der Waals surface area contributed by atoms with Gasteiger partial charge in [-0.3, -0.25) is 0 Å². The SMILES string of the molecule is C=Cc1ccc(-c2ncn(-c3ccc(OC(F)(F)F)cc3)n2)cc1. The molecule has 4 nitrogen and oxygen atoms in total. The number of halogens is 3. The zero-order valence-electron chi connectivity index (χ0n) is 12.4. The number of hydrogen-bond acceptors (Lipinski definition) is 3. The van der Waals surface area contributed by atoms with Crippen molar-refractivity contribution >= 4 is 6.08 Å². The summed E-state index contributed by atoms with van der Waals surface area (Å²) in [6, 6.07) is 12.9. The second kappa shape index (κ2) is 6.19. The second-order valence-corrected chi connectivity index (χ2v) is 4.88. The molecule has 0 spiro atoms. The molecule has 24 heavy (non-hydrogen) atoms. The lowest BCUT2D eigenvalue weighted by molar-refractivity contribution is -0.274. The lowest BCUT2D eigenvalue weighted by atomic mass is 10.1. The van der Waals surface area contributed by atoms with Gasteiger partial charge in [0.15, 0.2) is 5.82 Å². The Labute approximate surface area is 135 Å². The molecule has 3 aromatic rings. The molecule has 0 aliphatic heterocycles. The number of benzene rings is 2. The standard InChI is InChI=1S/C17H12F3N3O/c1-2-12-3-5-13(6-4-12)16-21-11-23(22-16)14-7-9-15(10-8-14)24-17(18,19)20/h2-11H,1H2. The maximum atomic E-state index is 12.2. The van der Waals surface area contributed by atoms with Crippen LogP contribution >= 0.6 is 0 Å². The zero-order chi connectivity index (χ0) is 17.2. The molecule has 0 saturated carbocycles. The van der Waals surface area contributed by atoms with Crippen LogP contribution in [0.4, 0.5) is 13.2 Å². The van der Waals surface area contributed by atoms with Gasteiger partial charge in [-0.15, -0.1) is 18.3 Å². The van der Waals surface area contributed by atoms with E-state index in [4.69, 9.17) is 0 Å². The van der Waals surface area contributed by atoms with Crippen molar-refractivity contribution in [2.24, 2.45) is 0 Å². The minimum absolute atomic E-state index is 0.286. The van der Waals surface area contributed by atoms with Gasteiger partial charge in [0.1, 0.15) is 12.1 Å². The second-order valence-electron chi connectivity index (χ2n) is 4.88. The highest BCUT2D eigenvalue weighted by atomic mass is 19.4. The van der Waals surface area contributed by atoms with Crippen LogP contribution in [0.3, 0.4) is 0 Å². The van der Waals surface area contributed by atoms with Gasteiger partial charge in [0, 0.05) is 5.56 Å². The van der Waals surface area contributed by atoms with Gasteiger partial charge in [0.05, 0.1) is 5.69 Å². The van der Waals surface area contributed by atoms with E-state index in [2.05, 4.69) is 21.4 Å². The molecule has 0 atom stereocenters. The number of ether oxygens (including phenoxy) is 1. The van der Waals surface area contributed by atoms with E-state index in [0.717, 1.165) is 11.1 Å². The predicted molar refractivity (Wildman–Crippen MR) is 83.6 cm³/mol. The maximum Gasteiger partial charge on any atom is 0.573 e. The van der Waals surface area contributed by atoms with Crippen LogP contribution in [0.2, 0.25) is 0 Å². The summed E-state index contributed by atoms with van der Waals surface area (Å²) in [5.74, 6) is 0.229. The first kappa shape index (κ1) is 15.8. The van der Waals surface area contributed by atoms with Crippen molar-refractivity contribution in [1.82, 2.24) is 14.8 Å². The quantitative estimate of drug-likeness (QED) is 0.708. The number of hydrogen-bond donors (Lipinski definition) is 0. The molecule has 1 heterocycles. The van der Waals surface area contributed by atoms with E-state index in [-0.39, 0.29) is 5.75 Å². The Morgan fingerprint density at radius 1 is 1.00 bits per heavy atom. The van der Waals surface area contributed by atoms with Crippen LogP contribution in [0.1, 0.15) is 5.56 Å². The summed E-state index contributed by atoms with van der Waals surface area (Å²) in [5.41, 5.74) is 2.39. The van der Waals surface area contributed by atoms with Crippen LogP contribution in [0.25, 0.3) is 23.2 Å². The molecule has 122 valence electrons. The van der Waals surface area contributed by atoms with E-state index in [1.807, 2.05) is 24.3 Å². The Hall–Kier alpha value is -3.09. The Bertz CT molecular complexity index is 837. The first-order valence-electron chi connectivity index (χ1n) is 6.95. The minimum atomic E-state index is -4.71. The third kappa shape index (κ3) is 3.62. The van der Waals surface area contributed by atoms with Crippen molar-refractivity contribution in [2.45, 2.75) is 6.36 Å². The van der Waals surface area contributed by atoms with Crippen LogP contribution < -0.4 is 4.74 Å². The summed E-state index contributed by atoms with van der Waals surface area (Å²) < 4.78 is 41.8. The summed E-state index contributed by atoms with van der Waals surface area (Å²) in [6.07, 6.45) is -1.48. The molecule has 0 amide bonds. The molecule has 3 rings (SSSR count). The fraction of sp³-hybridized carbons (Fsp3) is 0.0588. The van der Waals surface area contributed by atoms with E-state index in [1.54, 1.807) is 6.08 Å². The molecule has 0 aliphatic carbocycles. The first-order chi connectivity index (χ1) is 11.4. The van der Waals surface area contributed by atoms with Gasteiger partial charge in [-0.25, -0.2) is 9.67 Å². The molecule has 0 bridgehead atoms. The number of nitrogens with zero attached hydrogens (tertiary/aromatic N) is 3. The Morgan fingerprint density at radius 2 is 1.67 bits per heavy atom. The Morgan fingerprint density at radius 3 is 2.25 bits per heavy atom. The summed E-state index contributed by atoms with van der Waals surface area (Å²) in [7, 11) is 0. The molecule has 0 fully saturated rings. The highest BCUT2D eigenvalue weighted by molar-refractivity contribution is 5.59. The van der Waals surface area contributed by atoms with Crippen molar-refractivity contribution in [1.29, 1.82) is 0 Å². The van der Waals surface area contributed by atoms with Gasteiger partial charge in [-0.1, -0.05) is 36.9 Å². The molecular formula is C17H12F3N3O. The lowest BCUT2D eigenvalue weighted by Crippen LogP contribution is -2.17. The zero-order valence-corrected chi connectivity index (χ0v) is 12.4. The number of alkyl halides is 3. The maximum absolute atomic E-state index is 12.2. The molecule has 0 aliphatic rings. The molecule has 0 N–H and O–H groups in total. The van der Waals surface area contributed by atoms with Crippen LogP contribution in [0.15, 0.2) is 61.4 Å². The smallest absolute Gasteiger partial charge is 0.406 e. The van der Waals surface area contributed by atoms with Crippen LogP contribution in [-0.2, 0) is 0 Å². The largest absolute Gasteiger partial charge is 0.573 e. The highest BCUT2D eigenvalue weighted by Crippen LogP contribution is 2.24. The fourth-order valence-corrected chi connectivity index (χ4v) is 2.09. The van der Waals surface area contributed by atoms with Gasteiger partial charge in [-0.05, 0) is 29.8 Å². The lowest BCUT2D eigenvalue weighted by Gasteiger charge is -2.09. The van der Waals surface area contributed by atoms with E-state index in [0.29, 0.717) is 11.5 Å². The average molecular weight is 331 g/mol. The number of aromatic nitrogens is 3. The van der Waals surface area contributed by atoms with Crippen molar-refractivity contribution in [3.05, 3.63) is 67.0 Å². The molecule has 7 heteroatoms. The van der Waals surface area contributed by atoms with E-state index < -0.39 is 6.36 Å². The van der Waals surface area contributed by atoms with Crippen LogP contribution in [-0.4, -0.2) is 21.1 Å².